The van der Waals surface area contributed by atoms with E-state index in [4.69, 9.17) is 4.74 Å². The fraction of sp³-hybridized carbons (Fsp3) is 0.238. The van der Waals surface area contributed by atoms with Crippen LogP contribution in [0.15, 0.2) is 55.0 Å². The van der Waals surface area contributed by atoms with Crippen molar-refractivity contribution in [2.24, 2.45) is 0 Å². The van der Waals surface area contributed by atoms with Gasteiger partial charge in [0.05, 0.1) is 13.2 Å². The lowest BCUT2D eigenvalue weighted by Crippen LogP contribution is -2.36. The summed E-state index contributed by atoms with van der Waals surface area (Å²) in [6.07, 6.45) is 5.26. The third-order valence-corrected chi connectivity index (χ3v) is 5.01. The summed E-state index contributed by atoms with van der Waals surface area (Å²) in [6.45, 7) is 3.68. The van der Waals surface area contributed by atoms with Gasteiger partial charge in [-0.25, -0.2) is 14.4 Å². The molecule has 1 saturated heterocycles. The van der Waals surface area contributed by atoms with Crippen LogP contribution in [0.5, 0.6) is 0 Å². The van der Waals surface area contributed by atoms with Crippen LogP contribution in [0.3, 0.4) is 0 Å². The molecule has 8 nitrogen and oxygen atoms in total. The van der Waals surface area contributed by atoms with Crippen LogP contribution in [0, 0.1) is 5.82 Å². The molecule has 0 bridgehead atoms. The summed E-state index contributed by atoms with van der Waals surface area (Å²) in [5.41, 5.74) is 2.32. The van der Waals surface area contributed by atoms with Crippen molar-refractivity contribution in [3.63, 3.8) is 0 Å². The molecule has 0 saturated carbocycles. The average molecular weight is 405 g/mol. The minimum atomic E-state index is -0.314. The topological polar surface area (TPSA) is 80.5 Å². The third kappa shape index (κ3) is 3.67. The summed E-state index contributed by atoms with van der Waals surface area (Å²) in [5.74, 6) is 1.80. The first-order valence-corrected chi connectivity index (χ1v) is 9.75. The summed E-state index contributed by atoms with van der Waals surface area (Å²) < 4.78 is 20.8. The fourth-order valence-corrected chi connectivity index (χ4v) is 3.50. The van der Waals surface area contributed by atoms with Crippen molar-refractivity contribution in [2.75, 3.05) is 36.5 Å². The molecule has 1 aromatic carbocycles. The van der Waals surface area contributed by atoms with Crippen molar-refractivity contribution in [3.8, 4) is 11.4 Å². The van der Waals surface area contributed by atoms with Crippen molar-refractivity contribution in [2.45, 2.75) is 6.54 Å². The standard InChI is InChI=1S/C21H20FN7O/c22-17-3-1-2-16(13-17)20-26-27-21-19(24-6-7-29(20)21)25-14-15-4-5-23-18(12-15)28-8-10-30-11-9-28/h1-7,12-13H,8-11,14H2,(H,24,25). The molecule has 0 atom stereocenters. The molecular formula is C21H20FN7O. The number of morpholine rings is 1. The predicted molar refractivity (Wildman–Crippen MR) is 111 cm³/mol. The SMILES string of the molecule is Fc1cccc(-c2nnc3c(NCc4ccnc(N5CCOCC5)c4)nccn23)c1. The van der Waals surface area contributed by atoms with Gasteiger partial charge in [0.1, 0.15) is 11.6 Å². The summed E-state index contributed by atoms with van der Waals surface area (Å²) >= 11 is 0. The zero-order valence-electron chi connectivity index (χ0n) is 16.2. The van der Waals surface area contributed by atoms with Gasteiger partial charge in [-0.3, -0.25) is 4.40 Å². The lowest BCUT2D eigenvalue weighted by Gasteiger charge is -2.28. The van der Waals surface area contributed by atoms with Gasteiger partial charge < -0.3 is 15.0 Å². The quantitative estimate of drug-likeness (QED) is 0.547. The number of hydrogen-bond acceptors (Lipinski definition) is 7. The van der Waals surface area contributed by atoms with Crippen LogP contribution >= 0.6 is 0 Å². The molecule has 0 radical (unpaired) electrons. The summed E-state index contributed by atoms with van der Waals surface area (Å²) in [4.78, 5) is 11.1. The Balaban J connectivity index is 1.37. The lowest BCUT2D eigenvalue weighted by atomic mass is 10.2. The average Bonchev–Trinajstić information content (AvgIpc) is 3.23. The zero-order chi connectivity index (χ0) is 20.3. The summed E-state index contributed by atoms with van der Waals surface area (Å²) in [7, 11) is 0. The van der Waals surface area contributed by atoms with E-state index in [2.05, 4.69) is 36.4 Å². The van der Waals surface area contributed by atoms with Crippen molar-refractivity contribution in [3.05, 3.63) is 66.4 Å². The van der Waals surface area contributed by atoms with Gasteiger partial charge in [-0.2, -0.15) is 0 Å². The number of hydrogen-bond donors (Lipinski definition) is 1. The van der Waals surface area contributed by atoms with E-state index in [1.165, 1.54) is 12.1 Å². The number of aromatic nitrogens is 5. The Morgan fingerprint density at radius 3 is 2.80 bits per heavy atom. The maximum atomic E-state index is 13.6. The van der Waals surface area contributed by atoms with Gasteiger partial charge >= 0.3 is 0 Å². The highest BCUT2D eigenvalue weighted by Crippen LogP contribution is 2.22. The maximum absolute atomic E-state index is 13.6. The van der Waals surface area contributed by atoms with E-state index in [1.54, 1.807) is 28.9 Å². The highest BCUT2D eigenvalue weighted by atomic mass is 19.1. The van der Waals surface area contributed by atoms with E-state index >= 15 is 0 Å². The Morgan fingerprint density at radius 2 is 1.93 bits per heavy atom. The molecule has 5 rings (SSSR count). The second-order valence-corrected chi connectivity index (χ2v) is 6.98. The van der Waals surface area contributed by atoms with E-state index in [0.717, 1.165) is 37.7 Å². The minimum absolute atomic E-state index is 0.314. The van der Waals surface area contributed by atoms with Crippen LogP contribution in [0.25, 0.3) is 17.0 Å². The molecule has 1 N–H and O–H groups in total. The van der Waals surface area contributed by atoms with Crippen molar-refractivity contribution < 1.29 is 9.13 Å². The lowest BCUT2D eigenvalue weighted by molar-refractivity contribution is 0.122. The Bertz CT molecular complexity index is 1170. The van der Waals surface area contributed by atoms with E-state index < -0.39 is 0 Å². The van der Waals surface area contributed by atoms with Gasteiger partial charge in [0.15, 0.2) is 11.6 Å². The number of pyridine rings is 1. The largest absolute Gasteiger partial charge is 0.378 e. The molecular weight excluding hydrogens is 385 g/mol. The number of rotatable bonds is 5. The van der Waals surface area contributed by atoms with E-state index in [1.807, 2.05) is 12.3 Å². The summed E-state index contributed by atoms with van der Waals surface area (Å²) in [5, 5.41) is 11.8. The molecule has 4 aromatic rings. The highest BCUT2D eigenvalue weighted by Gasteiger charge is 2.14. The normalized spacial score (nSPS) is 14.2. The molecule has 152 valence electrons. The number of nitrogens with one attached hydrogen (secondary N) is 1. The van der Waals surface area contributed by atoms with Gasteiger partial charge in [0.2, 0.25) is 5.65 Å². The zero-order valence-corrected chi connectivity index (χ0v) is 16.2. The molecule has 0 amide bonds. The molecule has 30 heavy (non-hydrogen) atoms. The van der Waals surface area contributed by atoms with Gasteiger partial charge in [-0.1, -0.05) is 12.1 Å². The Labute approximate surface area is 172 Å². The van der Waals surface area contributed by atoms with Crippen LogP contribution in [0.2, 0.25) is 0 Å². The molecule has 1 fully saturated rings. The Kier molecular flexibility index (Phi) is 4.94. The van der Waals surface area contributed by atoms with Crippen LogP contribution in [0.1, 0.15) is 5.56 Å². The van der Waals surface area contributed by atoms with Crippen LogP contribution in [0.4, 0.5) is 16.0 Å². The second-order valence-electron chi connectivity index (χ2n) is 6.98. The molecule has 9 heteroatoms. The number of nitrogens with zero attached hydrogens (tertiary/aromatic N) is 6. The first-order chi connectivity index (χ1) is 14.8. The maximum Gasteiger partial charge on any atom is 0.203 e. The molecule has 1 aliphatic heterocycles. The third-order valence-electron chi connectivity index (χ3n) is 5.01. The smallest absolute Gasteiger partial charge is 0.203 e. The number of anilines is 2. The van der Waals surface area contributed by atoms with E-state index in [-0.39, 0.29) is 5.82 Å². The highest BCUT2D eigenvalue weighted by molar-refractivity contribution is 5.67. The van der Waals surface area contributed by atoms with Crippen molar-refractivity contribution in [1.82, 2.24) is 24.6 Å². The molecule has 3 aromatic heterocycles. The van der Waals surface area contributed by atoms with Gasteiger partial charge in [0.25, 0.3) is 0 Å². The summed E-state index contributed by atoms with van der Waals surface area (Å²) in [6, 6.07) is 10.3. The van der Waals surface area contributed by atoms with Gasteiger partial charge in [-0.15, -0.1) is 10.2 Å². The van der Waals surface area contributed by atoms with Crippen molar-refractivity contribution in [1.29, 1.82) is 0 Å². The van der Waals surface area contributed by atoms with E-state index in [0.29, 0.717) is 29.4 Å². The minimum Gasteiger partial charge on any atom is -0.378 e. The van der Waals surface area contributed by atoms with Gasteiger partial charge in [-0.05, 0) is 29.8 Å². The number of halogens is 1. The molecule has 0 spiro atoms. The molecule has 0 unspecified atom stereocenters. The van der Waals surface area contributed by atoms with Crippen LogP contribution < -0.4 is 10.2 Å². The molecule has 4 heterocycles. The monoisotopic (exact) mass is 405 g/mol. The number of ether oxygens (including phenoxy) is 1. The van der Waals surface area contributed by atoms with Crippen LogP contribution in [-0.2, 0) is 11.3 Å². The first-order valence-electron chi connectivity index (χ1n) is 9.75. The predicted octanol–water partition coefficient (Wildman–Crippen LogP) is 2.77. The molecule has 0 aliphatic carbocycles. The van der Waals surface area contributed by atoms with E-state index in [9.17, 15) is 4.39 Å². The Hall–Kier alpha value is -3.59. The second kappa shape index (κ2) is 8.03. The number of benzene rings is 1. The fourth-order valence-electron chi connectivity index (χ4n) is 3.50. The van der Waals surface area contributed by atoms with Crippen molar-refractivity contribution >= 4 is 17.3 Å². The Morgan fingerprint density at radius 1 is 1.03 bits per heavy atom. The first kappa shape index (κ1) is 18.4. The van der Waals surface area contributed by atoms with Gasteiger partial charge in [0, 0.05) is 43.8 Å². The number of fused-ring (bicyclic) bond motifs is 1. The molecule has 1 aliphatic rings. The van der Waals surface area contributed by atoms with Crippen LogP contribution in [-0.4, -0.2) is 50.9 Å².